The molecule has 3 nitrogen and oxygen atoms in total. The lowest BCUT2D eigenvalue weighted by atomic mass is 10.2. The van der Waals surface area contributed by atoms with Gasteiger partial charge in [-0.2, -0.15) is 8.42 Å². The first-order valence-electron chi connectivity index (χ1n) is 3.37. The van der Waals surface area contributed by atoms with Crippen LogP contribution in [0.3, 0.4) is 0 Å². The molecule has 1 aromatic rings. The first-order valence-corrected chi connectivity index (χ1v) is 5.51. The largest absolute Gasteiger partial charge is 0.335 e. The van der Waals surface area contributed by atoms with Crippen molar-refractivity contribution in [3.05, 3.63) is 28.5 Å². The summed E-state index contributed by atoms with van der Waals surface area (Å²) in [7, 11) is -5.28. The van der Waals surface area contributed by atoms with E-state index >= 15 is 0 Å². The molecule has 82 valence electrons. The molecule has 0 spiro atoms. The molecule has 0 aliphatic heterocycles. The minimum atomic E-state index is -5.28. The third kappa shape index (κ3) is 2.64. The van der Waals surface area contributed by atoms with E-state index in [0.717, 1.165) is 6.07 Å². The van der Waals surface area contributed by atoms with Crippen LogP contribution in [0.1, 0.15) is 10.4 Å². The van der Waals surface area contributed by atoms with Crippen LogP contribution in [0.5, 0.6) is 0 Å². The Kier molecular flexibility index (Phi) is 3.32. The van der Waals surface area contributed by atoms with Crippen molar-refractivity contribution in [2.24, 2.45) is 0 Å². The van der Waals surface area contributed by atoms with Crippen molar-refractivity contribution in [2.45, 2.75) is 4.90 Å². The monoisotopic (exact) mass is 274 g/mol. The normalized spacial score (nSPS) is 11.5. The molecule has 0 atom stereocenters. The van der Waals surface area contributed by atoms with Crippen LogP contribution >= 0.6 is 23.2 Å². The van der Waals surface area contributed by atoms with Crippen LogP contribution in [0.4, 0.5) is 8.28 Å². The summed E-state index contributed by atoms with van der Waals surface area (Å²) in [5.41, 5.74) is -0.791. The summed E-state index contributed by atoms with van der Waals surface area (Å²) >= 11 is 10.3. The molecule has 0 radical (unpaired) electrons. The van der Waals surface area contributed by atoms with Crippen LogP contribution in [0, 0.1) is 5.82 Å². The van der Waals surface area contributed by atoms with Crippen molar-refractivity contribution in [3.63, 3.8) is 0 Å². The first kappa shape index (κ1) is 12.4. The second kappa shape index (κ2) is 4.03. The third-order valence-corrected chi connectivity index (χ3v) is 2.72. The molecule has 0 fully saturated rings. The molecule has 0 bridgehead atoms. The quantitative estimate of drug-likeness (QED) is 0.779. The maximum absolute atomic E-state index is 13.2. The van der Waals surface area contributed by atoms with Crippen LogP contribution in [-0.4, -0.2) is 13.7 Å². The highest BCUT2D eigenvalue weighted by atomic mass is 35.5. The van der Waals surface area contributed by atoms with Gasteiger partial charge in [-0.25, -0.2) is 4.39 Å². The Bertz CT molecular complexity index is 527. The minimum absolute atomic E-state index is 0.309. The zero-order chi connectivity index (χ0) is 11.8. The van der Waals surface area contributed by atoms with Crippen LogP contribution in [-0.2, 0) is 10.2 Å². The van der Waals surface area contributed by atoms with E-state index in [9.17, 15) is 21.5 Å². The van der Waals surface area contributed by atoms with E-state index in [1.54, 1.807) is 0 Å². The fraction of sp³-hybridized carbons (Fsp3) is 0. The molecule has 0 N–H and O–H groups in total. The summed E-state index contributed by atoms with van der Waals surface area (Å²) < 4.78 is 46.7. The highest BCUT2D eigenvalue weighted by Crippen LogP contribution is 2.25. The van der Waals surface area contributed by atoms with Crippen LogP contribution in [0.15, 0.2) is 17.0 Å². The molecule has 0 aliphatic rings. The van der Waals surface area contributed by atoms with E-state index in [1.165, 1.54) is 0 Å². The molecule has 0 unspecified atom stereocenters. The smallest absolute Gasteiger partial charge is 0.275 e. The SMILES string of the molecule is O=C(Cl)c1cc(Cl)cc(S(=O)(=O)F)c1F. The van der Waals surface area contributed by atoms with Gasteiger partial charge < -0.3 is 0 Å². The van der Waals surface area contributed by atoms with Gasteiger partial charge in [0, 0.05) is 5.02 Å². The van der Waals surface area contributed by atoms with Crippen LogP contribution < -0.4 is 0 Å². The number of carbonyl (C=O) groups excluding carboxylic acids is 1. The number of halogens is 4. The Balaban J connectivity index is 3.63. The summed E-state index contributed by atoms with van der Waals surface area (Å²) in [6.45, 7) is 0. The lowest BCUT2D eigenvalue weighted by Gasteiger charge is -2.02. The summed E-state index contributed by atoms with van der Waals surface area (Å²) in [6.07, 6.45) is 0. The van der Waals surface area contributed by atoms with Crippen molar-refractivity contribution < 1.29 is 21.5 Å². The zero-order valence-electron chi connectivity index (χ0n) is 6.80. The average Bonchev–Trinajstić information content (AvgIpc) is 2.06. The molecule has 0 heterocycles. The number of benzene rings is 1. The fourth-order valence-electron chi connectivity index (χ4n) is 0.885. The predicted molar refractivity (Wildman–Crippen MR) is 49.9 cm³/mol. The molecule has 0 aromatic heterocycles. The van der Waals surface area contributed by atoms with Gasteiger partial charge in [0.25, 0.3) is 5.24 Å². The van der Waals surface area contributed by atoms with Gasteiger partial charge in [-0.15, -0.1) is 3.89 Å². The van der Waals surface area contributed by atoms with E-state index in [4.69, 9.17) is 23.2 Å². The summed E-state index contributed by atoms with van der Waals surface area (Å²) in [5.74, 6) is -1.55. The summed E-state index contributed by atoms with van der Waals surface area (Å²) in [4.78, 5) is 9.34. The van der Waals surface area contributed by atoms with E-state index < -0.39 is 31.7 Å². The van der Waals surface area contributed by atoms with Crippen LogP contribution in [0.2, 0.25) is 5.02 Å². The summed E-state index contributed by atoms with van der Waals surface area (Å²) in [6, 6.07) is 1.36. The standard InChI is InChI=1S/C7H2Cl2F2O3S/c8-3-1-4(7(9)12)6(10)5(2-3)15(11,13)14/h1-2H. The Morgan fingerprint density at radius 1 is 1.33 bits per heavy atom. The third-order valence-electron chi connectivity index (χ3n) is 1.48. The van der Waals surface area contributed by atoms with Crippen molar-refractivity contribution >= 4 is 38.7 Å². The lowest BCUT2D eigenvalue weighted by molar-refractivity contribution is 0.107. The van der Waals surface area contributed by atoms with E-state index in [0.29, 0.717) is 6.07 Å². The molecule has 1 rings (SSSR count). The zero-order valence-corrected chi connectivity index (χ0v) is 9.13. The maximum atomic E-state index is 13.2. The average molecular weight is 275 g/mol. The van der Waals surface area contributed by atoms with Crippen molar-refractivity contribution in [2.75, 3.05) is 0 Å². The van der Waals surface area contributed by atoms with E-state index in [1.807, 2.05) is 0 Å². The molecule has 0 saturated carbocycles. The molecule has 8 heteroatoms. The van der Waals surface area contributed by atoms with Gasteiger partial charge in [0.2, 0.25) is 0 Å². The number of hydrogen-bond donors (Lipinski definition) is 0. The Labute approximate surface area is 93.8 Å². The molecule has 0 amide bonds. The van der Waals surface area contributed by atoms with Crippen molar-refractivity contribution in [1.82, 2.24) is 0 Å². The lowest BCUT2D eigenvalue weighted by Crippen LogP contribution is -2.03. The number of hydrogen-bond acceptors (Lipinski definition) is 3. The Hall–Kier alpha value is -0.720. The van der Waals surface area contributed by atoms with Gasteiger partial charge in [-0.1, -0.05) is 11.6 Å². The van der Waals surface area contributed by atoms with Crippen LogP contribution in [0.25, 0.3) is 0 Å². The molecule has 0 saturated heterocycles. The van der Waals surface area contributed by atoms with E-state index in [-0.39, 0.29) is 5.02 Å². The molecule has 1 aromatic carbocycles. The number of rotatable bonds is 2. The molecular weight excluding hydrogens is 273 g/mol. The maximum Gasteiger partial charge on any atom is 0.335 e. The highest BCUT2D eigenvalue weighted by Gasteiger charge is 2.24. The van der Waals surface area contributed by atoms with Gasteiger partial charge in [0.1, 0.15) is 4.90 Å². The van der Waals surface area contributed by atoms with Crippen molar-refractivity contribution in [3.8, 4) is 0 Å². The second-order valence-corrected chi connectivity index (χ2v) is 4.57. The molecular formula is C7H2Cl2F2O3S. The number of carbonyl (C=O) groups is 1. The van der Waals surface area contributed by atoms with Gasteiger partial charge in [0.15, 0.2) is 5.82 Å². The Morgan fingerprint density at radius 2 is 1.87 bits per heavy atom. The molecule has 15 heavy (non-hydrogen) atoms. The fourth-order valence-corrected chi connectivity index (χ4v) is 1.90. The van der Waals surface area contributed by atoms with Gasteiger partial charge in [-0.3, -0.25) is 4.79 Å². The minimum Gasteiger partial charge on any atom is -0.275 e. The Morgan fingerprint density at radius 3 is 2.27 bits per heavy atom. The van der Waals surface area contributed by atoms with Gasteiger partial charge >= 0.3 is 10.2 Å². The van der Waals surface area contributed by atoms with Gasteiger partial charge in [0.05, 0.1) is 5.56 Å². The summed E-state index contributed by atoms with van der Waals surface area (Å²) in [5, 5.41) is -1.57. The topological polar surface area (TPSA) is 51.2 Å². The first-order chi connectivity index (χ1) is 6.73. The highest BCUT2D eigenvalue weighted by molar-refractivity contribution is 7.86. The van der Waals surface area contributed by atoms with E-state index in [2.05, 4.69) is 0 Å². The van der Waals surface area contributed by atoms with Crippen molar-refractivity contribution in [1.29, 1.82) is 0 Å². The molecule has 0 aliphatic carbocycles. The van der Waals surface area contributed by atoms with Gasteiger partial charge in [-0.05, 0) is 23.7 Å². The second-order valence-electron chi connectivity index (χ2n) is 2.48. The predicted octanol–water partition coefficient (Wildman–Crippen LogP) is 2.52.